The molecule has 1 rings (SSSR count). The summed E-state index contributed by atoms with van der Waals surface area (Å²) in [5.74, 6) is -0.0399. The summed E-state index contributed by atoms with van der Waals surface area (Å²) in [5.41, 5.74) is 11.2. The second-order valence-corrected chi connectivity index (χ2v) is 3.57. The lowest BCUT2D eigenvalue weighted by Gasteiger charge is -1.91. The molecule has 0 heterocycles. The van der Waals surface area contributed by atoms with Gasteiger partial charge in [0.2, 0.25) is 5.96 Å². The van der Waals surface area contributed by atoms with Crippen LogP contribution < -0.4 is 11.5 Å². The van der Waals surface area contributed by atoms with E-state index in [4.69, 9.17) is 11.5 Å². The van der Waals surface area contributed by atoms with Gasteiger partial charge in [-0.25, -0.2) is 0 Å². The van der Waals surface area contributed by atoms with Crippen LogP contribution in [0.3, 0.4) is 0 Å². The predicted molar refractivity (Wildman–Crippen MR) is 62.6 cm³/mol. The molecule has 4 nitrogen and oxygen atoms in total. The molecule has 5 heteroatoms. The van der Waals surface area contributed by atoms with Gasteiger partial charge in [-0.1, -0.05) is 12.1 Å². The average Bonchev–Trinajstić information content (AvgIpc) is 2.03. The topological polar surface area (TPSA) is 76.8 Å². The standard InChI is InChI=1S/C8H9IN4/c9-7-3-1-2-6(4-7)5-12-13-8(10)11/h1-5H,(H4,10,11,13). The third kappa shape index (κ3) is 3.88. The Morgan fingerprint density at radius 3 is 2.77 bits per heavy atom. The molecule has 1 aromatic rings. The van der Waals surface area contributed by atoms with Crippen molar-refractivity contribution in [1.29, 1.82) is 0 Å². The summed E-state index contributed by atoms with van der Waals surface area (Å²) >= 11 is 2.22. The Hall–Kier alpha value is -1.11. The largest absolute Gasteiger partial charge is 0.369 e. The summed E-state index contributed by atoms with van der Waals surface area (Å²) in [4.78, 5) is 0. The minimum Gasteiger partial charge on any atom is -0.369 e. The summed E-state index contributed by atoms with van der Waals surface area (Å²) in [6, 6.07) is 7.84. The third-order valence-electron chi connectivity index (χ3n) is 1.23. The summed E-state index contributed by atoms with van der Waals surface area (Å²) in [6.45, 7) is 0. The Morgan fingerprint density at radius 2 is 2.15 bits per heavy atom. The van der Waals surface area contributed by atoms with Gasteiger partial charge in [0.25, 0.3) is 0 Å². The van der Waals surface area contributed by atoms with E-state index in [1.54, 1.807) is 6.21 Å². The van der Waals surface area contributed by atoms with E-state index in [0.29, 0.717) is 0 Å². The molecule has 0 aliphatic heterocycles. The predicted octanol–water partition coefficient (Wildman–Crippen LogP) is 0.899. The Balaban J connectivity index is 2.75. The van der Waals surface area contributed by atoms with Crippen molar-refractivity contribution in [2.45, 2.75) is 0 Å². The zero-order chi connectivity index (χ0) is 9.68. The fourth-order valence-electron chi connectivity index (χ4n) is 0.749. The van der Waals surface area contributed by atoms with Crippen LogP contribution in [0, 0.1) is 3.57 Å². The number of hydrogen-bond donors (Lipinski definition) is 2. The molecular weight excluding hydrogens is 279 g/mol. The lowest BCUT2D eigenvalue weighted by molar-refractivity contribution is 1.21. The molecule has 0 aliphatic carbocycles. The summed E-state index contributed by atoms with van der Waals surface area (Å²) in [7, 11) is 0. The number of halogens is 1. The highest BCUT2D eigenvalue weighted by Crippen LogP contribution is 2.05. The molecule has 0 spiro atoms. The Labute approximate surface area is 89.9 Å². The maximum absolute atomic E-state index is 5.10. The zero-order valence-corrected chi connectivity index (χ0v) is 8.97. The molecule has 0 radical (unpaired) electrons. The first kappa shape index (κ1) is 9.97. The maximum atomic E-state index is 5.10. The minimum atomic E-state index is -0.0399. The lowest BCUT2D eigenvalue weighted by Crippen LogP contribution is -2.21. The van der Waals surface area contributed by atoms with Gasteiger partial charge < -0.3 is 11.5 Å². The maximum Gasteiger partial charge on any atom is 0.211 e. The normalized spacial score (nSPS) is 10.2. The minimum absolute atomic E-state index is 0.0399. The van der Waals surface area contributed by atoms with Gasteiger partial charge in [0.15, 0.2) is 0 Å². The summed E-state index contributed by atoms with van der Waals surface area (Å²) in [6.07, 6.45) is 1.60. The molecular formula is C8H9IN4. The molecule has 0 amide bonds. The van der Waals surface area contributed by atoms with Crippen molar-refractivity contribution in [2.24, 2.45) is 21.7 Å². The molecule has 4 N–H and O–H groups in total. The fraction of sp³-hybridized carbons (Fsp3) is 0. The number of benzene rings is 1. The van der Waals surface area contributed by atoms with Crippen molar-refractivity contribution < 1.29 is 0 Å². The molecule has 0 saturated carbocycles. The van der Waals surface area contributed by atoms with Crippen LogP contribution in [0.2, 0.25) is 0 Å². The third-order valence-corrected chi connectivity index (χ3v) is 1.90. The van der Waals surface area contributed by atoms with Crippen LogP contribution in [-0.4, -0.2) is 12.2 Å². The van der Waals surface area contributed by atoms with Crippen molar-refractivity contribution >= 4 is 34.8 Å². The van der Waals surface area contributed by atoms with Crippen LogP contribution in [-0.2, 0) is 0 Å². The van der Waals surface area contributed by atoms with Gasteiger partial charge in [-0.15, -0.1) is 5.10 Å². The van der Waals surface area contributed by atoms with Gasteiger partial charge in [-0.05, 0) is 40.3 Å². The van der Waals surface area contributed by atoms with Crippen molar-refractivity contribution in [3.63, 3.8) is 0 Å². The first-order chi connectivity index (χ1) is 6.18. The summed E-state index contributed by atoms with van der Waals surface area (Å²) < 4.78 is 1.14. The van der Waals surface area contributed by atoms with Gasteiger partial charge >= 0.3 is 0 Å². The highest BCUT2D eigenvalue weighted by Gasteiger charge is 1.88. The molecule has 0 saturated heterocycles. The van der Waals surface area contributed by atoms with Crippen LogP contribution in [0.4, 0.5) is 0 Å². The number of hydrogen-bond acceptors (Lipinski definition) is 2. The molecule has 68 valence electrons. The van der Waals surface area contributed by atoms with Gasteiger partial charge in [0.05, 0.1) is 6.21 Å². The van der Waals surface area contributed by atoms with E-state index >= 15 is 0 Å². The number of nitrogens with zero attached hydrogens (tertiary/aromatic N) is 2. The van der Waals surface area contributed by atoms with Crippen molar-refractivity contribution in [3.05, 3.63) is 33.4 Å². The van der Waals surface area contributed by atoms with Crippen LogP contribution in [0.1, 0.15) is 5.56 Å². The molecule has 0 bridgehead atoms. The second kappa shape index (κ2) is 4.80. The monoisotopic (exact) mass is 288 g/mol. The van der Waals surface area contributed by atoms with E-state index in [2.05, 4.69) is 32.8 Å². The SMILES string of the molecule is NC(N)=NN=Cc1cccc(I)c1. The van der Waals surface area contributed by atoms with E-state index in [0.717, 1.165) is 9.13 Å². The van der Waals surface area contributed by atoms with E-state index < -0.39 is 0 Å². The van der Waals surface area contributed by atoms with Crippen LogP contribution in [0.25, 0.3) is 0 Å². The lowest BCUT2D eigenvalue weighted by atomic mass is 10.2. The Bertz CT molecular complexity index is 342. The Morgan fingerprint density at radius 1 is 1.38 bits per heavy atom. The fourth-order valence-corrected chi connectivity index (χ4v) is 1.32. The number of rotatable bonds is 2. The molecule has 0 aliphatic rings. The smallest absolute Gasteiger partial charge is 0.211 e. The quantitative estimate of drug-likeness (QED) is 0.367. The van der Waals surface area contributed by atoms with Crippen LogP contribution in [0.15, 0.2) is 34.5 Å². The molecule has 0 unspecified atom stereocenters. The molecule has 13 heavy (non-hydrogen) atoms. The van der Waals surface area contributed by atoms with Gasteiger partial charge in [0, 0.05) is 3.57 Å². The van der Waals surface area contributed by atoms with Crippen molar-refractivity contribution in [3.8, 4) is 0 Å². The number of nitrogens with two attached hydrogens (primary N) is 2. The summed E-state index contributed by atoms with van der Waals surface area (Å²) in [5, 5.41) is 7.18. The molecule has 1 aromatic carbocycles. The van der Waals surface area contributed by atoms with E-state index in [9.17, 15) is 0 Å². The van der Waals surface area contributed by atoms with Crippen LogP contribution >= 0.6 is 22.6 Å². The van der Waals surface area contributed by atoms with Gasteiger partial charge in [-0.2, -0.15) is 5.10 Å². The highest BCUT2D eigenvalue weighted by molar-refractivity contribution is 14.1. The highest BCUT2D eigenvalue weighted by atomic mass is 127. The van der Waals surface area contributed by atoms with Crippen molar-refractivity contribution in [2.75, 3.05) is 0 Å². The zero-order valence-electron chi connectivity index (χ0n) is 6.81. The molecule has 0 atom stereocenters. The molecule has 0 aromatic heterocycles. The average molecular weight is 288 g/mol. The number of guanidine groups is 1. The first-order valence-electron chi connectivity index (χ1n) is 3.56. The molecule has 0 fully saturated rings. The first-order valence-corrected chi connectivity index (χ1v) is 4.64. The second-order valence-electron chi connectivity index (χ2n) is 2.32. The van der Waals surface area contributed by atoms with Crippen LogP contribution in [0.5, 0.6) is 0 Å². The van der Waals surface area contributed by atoms with E-state index in [1.807, 2.05) is 24.3 Å². The van der Waals surface area contributed by atoms with Crippen molar-refractivity contribution in [1.82, 2.24) is 0 Å². The van der Waals surface area contributed by atoms with Gasteiger partial charge in [0.1, 0.15) is 0 Å². The van der Waals surface area contributed by atoms with E-state index in [1.165, 1.54) is 0 Å². The van der Waals surface area contributed by atoms with E-state index in [-0.39, 0.29) is 5.96 Å². The van der Waals surface area contributed by atoms with Gasteiger partial charge in [-0.3, -0.25) is 0 Å². The Kier molecular flexibility index (Phi) is 3.69.